The third-order valence-corrected chi connectivity index (χ3v) is 4.06. The lowest BCUT2D eigenvalue weighted by molar-refractivity contribution is -0.150. The van der Waals surface area contributed by atoms with Crippen LogP contribution in [0.1, 0.15) is 33.4 Å². The molecule has 20 heavy (non-hydrogen) atoms. The minimum atomic E-state index is -1.51. The summed E-state index contributed by atoms with van der Waals surface area (Å²) in [5, 5.41) is 0. The fourth-order valence-electron chi connectivity index (χ4n) is 2.79. The van der Waals surface area contributed by atoms with E-state index in [0.29, 0.717) is 6.42 Å². The van der Waals surface area contributed by atoms with Crippen molar-refractivity contribution in [3.8, 4) is 0 Å². The molecule has 4 atom stereocenters. The maximum Gasteiger partial charge on any atom is 0.330 e. The Morgan fingerprint density at radius 1 is 1.55 bits per heavy atom. The van der Waals surface area contributed by atoms with Crippen LogP contribution in [0.25, 0.3) is 0 Å². The third-order valence-electron chi connectivity index (χ3n) is 4.06. The van der Waals surface area contributed by atoms with Crippen LogP contribution >= 0.6 is 0 Å². The van der Waals surface area contributed by atoms with Crippen molar-refractivity contribution < 1.29 is 13.9 Å². The van der Waals surface area contributed by atoms with Crippen LogP contribution < -0.4 is 11.2 Å². The first-order valence-electron chi connectivity index (χ1n) is 6.48. The summed E-state index contributed by atoms with van der Waals surface area (Å²) in [6.45, 7) is 4.68. The average Bonchev–Trinajstić information content (AvgIpc) is 2.64. The molecule has 0 unspecified atom stereocenters. The molecular formula is C13H17FN2O4. The zero-order valence-electron chi connectivity index (χ0n) is 11.6. The third kappa shape index (κ3) is 2.02. The van der Waals surface area contributed by atoms with E-state index < -0.39 is 35.2 Å². The maximum absolute atomic E-state index is 14.5. The van der Waals surface area contributed by atoms with Gasteiger partial charge in [0.1, 0.15) is 5.60 Å². The maximum atomic E-state index is 14.5. The highest BCUT2D eigenvalue weighted by molar-refractivity contribution is 5.85. The van der Waals surface area contributed by atoms with Crippen LogP contribution in [0.15, 0.2) is 21.9 Å². The molecule has 1 saturated heterocycles. The topological polar surface area (TPSA) is 81.2 Å². The zero-order chi connectivity index (χ0) is 15.1. The van der Waals surface area contributed by atoms with Crippen LogP contribution in [0.2, 0.25) is 0 Å². The molecule has 0 saturated carbocycles. The van der Waals surface area contributed by atoms with E-state index in [1.54, 1.807) is 13.8 Å². The molecule has 0 bridgehead atoms. The van der Waals surface area contributed by atoms with E-state index in [2.05, 4.69) is 0 Å². The van der Waals surface area contributed by atoms with Crippen molar-refractivity contribution in [2.75, 3.05) is 0 Å². The Hall–Kier alpha value is -1.76. The van der Waals surface area contributed by atoms with Crippen LogP contribution in [0.5, 0.6) is 0 Å². The van der Waals surface area contributed by atoms with Gasteiger partial charge in [0.15, 0.2) is 18.2 Å². The number of ether oxygens (including phenoxy) is 1. The molecule has 0 amide bonds. The Morgan fingerprint density at radius 3 is 2.65 bits per heavy atom. The molecule has 1 aliphatic rings. The first-order chi connectivity index (χ1) is 9.33. The number of rotatable bonds is 3. The fraction of sp³-hybridized carbons (Fsp3) is 0.615. The minimum Gasteiger partial charge on any atom is -0.340 e. The van der Waals surface area contributed by atoms with Gasteiger partial charge in [0.25, 0.3) is 5.56 Å². The molecule has 0 aliphatic carbocycles. The Morgan fingerprint density at radius 2 is 2.20 bits per heavy atom. The molecule has 2 heterocycles. The van der Waals surface area contributed by atoms with E-state index in [1.165, 1.54) is 13.1 Å². The number of aromatic nitrogens is 2. The van der Waals surface area contributed by atoms with Gasteiger partial charge in [0.05, 0.1) is 0 Å². The number of halogens is 1. The van der Waals surface area contributed by atoms with Gasteiger partial charge >= 0.3 is 5.69 Å². The SMILES string of the molecule is CC[C@@]1(C(C)=O)O[C@@H](n2ccc(=O)[nH]c2=O)[C@@H](F)[C@@H]1C. The number of H-pyrrole nitrogens is 1. The lowest BCUT2D eigenvalue weighted by atomic mass is 9.82. The summed E-state index contributed by atoms with van der Waals surface area (Å²) < 4.78 is 21.0. The van der Waals surface area contributed by atoms with Crippen molar-refractivity contribution in [2.24, 2.45) is 5.92 Å². The van der Waals surface area contributed by atoms with Crippen LogP contribution in [0.3, 0.4) is 0 Å². The number of nitrogens with zero attached hydrogens (tertiary/aromatic N) is 1. The summed E-state index contributed by atoms with van der Waals surface area (Å²) in [7, 11) is 0. The predicted octanol–water partition coefficient (Wildman–Crippen LogP) is 0.777. The number of ketones is 1. The van der Waals surface area contributed by atoms with Gasteiger partial charge in [0, 0.05) is 18.2 Å². The number of alkyl halides is 1. The Labute approximate surface area is 114 Å². The van der Waals surface area contributed by atoms with Crippen LogP contribution in [0.4, 0.5) is 4.39 Å². The van der Waals surface area contributed by atoms with Crippen LogP contribution in [-0.2, 0) is 9.53 Å². The van der Waals surface area contributed by atoms with Gasteiger partial charge in [-0.15, -0.1) is 0 Å². The standard InChI is InChI=1S/C13H17FN2O4/c1-4-13(8(3)17)7(2)10(14)11(20-13)16-6-5-9(18)15-12(16)19/h5-7,10-11H,4H2,1-3H3,(H,15,18,19)/t7-,10-,11+,13+/m0/s1. The summed E-state index contributed by atoms with van der Waals surface area (Å²) in [4.78, 5) is 36.6. The van der Waals surface area contributed by atoms with Gasteiger partial charge in [-0.1, -0.05) is 13.8 Å². The molecule has 0 spiro atoms. The normalized spacial score (nSPS) is 33.3. The second kappa shape index (κ2) is 4.97. The Kier molecular flexibility index (Phi) is 3.64. The van der Waals surface area contributed by atoms with Gasteiger partial charge in [-0.2, -0.15) is 0 Å². The molecule has 6 nitrogen and oxygen atoms in total. The fourth-order valence-corrected chi connectivity index (χ4v) is 2.79. The van der Waals surface area contributed by atoms with Crippen molar-refractivity contribution in [3.63, 3.8) is 0 Å². The largest absolute Gasteiger partial charge is 0.340 e. The quantitative estimate of drug-likeness (QED) is 0.889. The molecule has 1 aromatic heterocycles. The minimum absolute atomic E-state index is 0.268. The number of carbonyl (C=O) groups excluding carboxylic acids is 1. The molecule has 1 aromatic rings. The number of Topliss-reactive ketones (excluding diaryl/α,β-unsaturated/α-hetero) is 1. The van der Waals surface area contributed by atoms with Crippen molar-refractivity contribution in [1.29, 1.82) is 0 Å². The Bertz CT molecular complexity index is 638. The van der Waals surface area contributed by atoms with E-state index in [4.69, 9.17) is 4.74 Å². The second-order valence-corrected chi connectivity index (χ2v) is 5.06. The highest BCUT2D eigenvalue weighted by Crippen LogP contribution is 2.45. The van der Waals surface area contributed by atoms with E-state index in [0.717, 1.165) is 10.6 Å². The lowest BCUT2D eigenvalue weighted by Crippen LogP contribution is -2.42. The van der Waals surface area contributed by atoms with Gasteiger partial charge in [0.2, 0.25) is 0 Å². The predicted molar refractivity (Wildman–Crippen MR) is 69.2 cm³/mol. The van der Waals surface area contributed by atoms with Gasteiger partial charge in [-0.3, -0.25) is 19.1 Å². The summed E-state index contributed by atoms with van der Waals surface area (Å²) >= 11 is 0. The summed E-state index contributed by atoms with van der Waals surface area (Å²) in [6, 6.07) is 1.11. The van der Waals surface area contributed by atoms with E-state index >= 15 is 0 Å². The summed E-state index contributed by atoms with van der Waals surface area (Å²) in [6.07, 6.45) is -1.23. The van der Waals surface area contributed by atoms with Crippen LogP contribution in [-0.4, -0.2) is 27.1 Å². The number of aromatic amines is 1. The first kappa shape index (κ1) is 14.6. The van der Waals surface area contributed by atoms with Crippen molar-refractivity contribution in [3.05, 3.63) is 33.1 Å². The molecule has 2 rings (SSSR count). The van der Waals surface area contributed by atoms with Crippen molar-refractivity contribution in [1.82, 2.24) is 9.55 Å². The molecule has 0 aromatic carbocycles. The smallest absolute Gasteiger partial charge is 0.330 e. The highest BCUT2D eigenvalue weighted by atomic mass is 19.1. The van der Waals surface area contributed by atoms with E-state index in [-0.39, 0.29) is 5.78 Å². The molecule has 7 heteroatoms. The number of hydrogen-bond donors (Lipinski definition) is 1. The number of hydrogen-bond acceptors (Lipinski definition) is 4. The van der Waals surface area contributed by atoms with Gasteiger partial charge in [-0.25, -0.2) is 9.18 Å². The van der Waals surface area contributed by atoms with Crippen molar-refractivity contribution >= 4 is 5.78 Å². The van der Waals surface area contributed by atoms with Gasteiger partial charge < -0.3 is 4.74 Å². The van der Waals surface area contributed by atoms with E-state index in [1.807, 2.05) is 4.98 Å². The number of nitrogens with one attached hydrogen (secondary N) is 1. The molecule has 1 aliphatic heterocycles. The first-order valence-corrected chi connectivity index (χ1v) is 6.48. The van der Waals surface area contributed by atoms with Gasteiger partial charge in [-0.05, 0) is 13.3 Å². The molecule has 1 N–H and O–H groups in total. The van der Waals surface area contributed by atoms with E-state index in [9.17, 15) is 18.8 Å². The average molecular weight is 284 g/mol. The van der Waals surface area contributed by atoms with Crippen molar-refractivity contribution in [2.45, 2.75) is 45.2 Å². The monoisotopic (exact) mass is 284 g/mol. The molecule has 110 valence electrons. The highest BCUT2D eigenvalue weighted by Gasteiger charge is 2.56. The summed E-state index contributed by atoms with van der Waals surface area (Å²) in [5.74, 6) is -0.941. The Balaban J connectivity index is 2.47. The molecule has 0 radical (unpaired) electrons. The lowest BCUT2D eigenvalue weighted by Gasteiger charge is -2.28. The number of carbonyl (C=O) groups is 1. The molecular weight excluding hydrogens is 267 g/mol. The summed E-state index contributed by atoms with van der Waals surface area (Å²) in [5.41, 5.74) is -2.56. The molecule has 1 fully saturated rings. The second-order valence-electron chi connectivity index (χ2n) is 5.06. The van der Waals surface area contributed by atoms with Crippen LogP contribution in [0, 0.1) is 5.92 Å². The zero-order valence-corrected chi connectivity index (χ0v) is 11.6.